The minimum absolute atomic E-state index is 0.101. The zero-order chi connectivity index (χ0) is 16.1. The summed E-state index contributed by atoms with van der Waals surface area (Å²) in [6, 6.07) is 9.35. The predicted octanol–water partition coefficient (Wildman–Crippen LogP) is 3.93. The number of nitrogens with one attached hydrogen (secondary N) is 1. The summed E-state index contributed by atoms with van der Waals surface area (Å²) < 4.78 is 5.63. The number of carbonyl (C=O) groups is 1. The van der Waals surface area contributed by atoms with Gasteiger partial charge >= 0.3 is 0 Å². The second kappa shape index (κ2) is 7.41. The molecule has 4 nitrogen and oxygen atoms in total. The summed E-state index contributed by atoms with van der Waals surface area (Å²) >= 11 is 3.14. The van der Waals surface area contributed by atoms with Crippen LogP contribution in [0.25, 0.3) is 17.4 Å². The molecule has 0 saturated carbocycles. The highest BCUT2D eigenvalue weighted by Crippen LogP contribution is 2.26. The Balaban J connectivity index is 1.53. The van der Waals surface area contributed by atoms with Gasteiger partial charge in [0, 0.05) is 21.9 Å². The van der Waals surface area contributed by atoms with E-state index in [9.17, 15) is 9.90 Å². The summed E-state index contributed by atoms with van der Waals surface area (Å²) in [7, 11) is 0. The number of thiophene rings is 2. The van der Waals surface area contributed by atoms with E-state index < -0.39 is 6.10 Å². The molecule has 0 bridgehead atoms. The van der Waals surface area contributed by atoms with Crippen molar-refractivity contribution in [2.24, 2.45) is 0 Å². The lowest BCUT2D eigenvalue weighted by atomic mass is 10.2. The van der Waals surface area contributed by atoms with Gasteiger partial charge in [-0.1, -0.05) is 6.07 Å². The Hall–Kier alpha value is -2.15. The van der Waals surface area contributed by atoms with Gasteiger partial charge in [-0.15, -0.1) is 11.3 Å². The highest BCUT2D eigenvalue weighted by atomic mass is 32.1. The number of furan rings is 1. The molecule has 3 rings (SSSR count). The van der Waals surface area contributed by atoms with E-state index in [2.05, 4.69) is 5.32 Å². The second-order valence-corrected chi connectivity index (χ2v) is 6.58. The number of amides is 1. The van der Waals surface area contributed by atoms with E-state index >= 15 is 0 Å². The normalized spacial score (nSPS) is 12.6. The lowest BCUT2D eigenvalue weighted by Gasteiger charge is -2.08. The van der Waals surface area contributed by atoms with Gasteiger partial charge in [0.05, 0.1) is 6.54 Å². The summed E-state index contributed by atoms with van der Waals surface area (Å²) in [5, 5.41) is 18.7. The third kappa shape index (κ3) is 4.19. The zero-order valence-corrected chi connectivity index (χ0v) is 13.8. The molecule has 0 aliphatic rings. The van der Waals surface area contributed by atoms with E-state index in [4.69, 9.17) is 4.42 Å². The Kier molecular flexibility index (Phi) is 5.07. The van der Waals surface area contributed by atoms with Crippen molar-refractivity contribution in [2.45, 2.75) is 6.10 Å². The van der Waals surface area contributed by atoms with E-state index in [0.29, 0.717) is 11.5 Å². The van der Waals surface area contributed by atoms with Crippen LogP contribution in [0.3, 0.4) is 0 Å². The fraction of sp³-hybridized carbons (Fsp3) is 0.118. The first-order valence-corrected chi connectivity index (χ1v) is 8.84. The summed E-state index contributed by atoms with van der Waals surface area (Å²) in [5.74, 6) is 0.903. The van der Waals surface area contributed by atoms with Gasteiger partial charge in [0.15, 0.2) is 0 Å². The minimum Gasteiger partial charge on any atom is -0.458 e. The van der Waals surface area contributed by atoms with Gasteiger partial charge in [-0.3, -0.25) is 4.79 Å². The highest BCUT2D eigenvalue weighted by molar-refractivity contribution is 7.10. The Morgan fingerprint density at radius 2 is 2.22 bits per heavy atom. The number of rotatable bonds is 6. The fourth-order valence-electron chi connectivity index (χ4n) is 1.99. The maximum Gasteiger partial charge on any atom is 0.244 e. The standard InChI is InChI=1S/C17H15NO3S2/c19-14(10-18-17(20)6-3-13-2-1-8-23-13)16-5-4-15(21-16)12-7-9-22-11-12/h1-9,11,14,19H,10H2,(H,18,20)/b6-3+. The molecule has 0 aromatic carbocycles. The molecule has 1 atom stereocenters. The monoisotopic (exact) mass is 345 g/mol. The minimum atomic E-state index is -0.874. The van der Waals surface area contributed by atoms with E-state index in [1.807, 2.05) is 40.4 Å². The smallest absolute Gasteiger partial charge is 0.244 e. The van der Waals surface area contributed by atoms with Crippen molar-refractivity contribution in [2.75, 3.05) is 6.54 Å². The zero-order valence-electron chi connectivity index (χ0n) is 12.1. The molecule has 0 aliphatic heterocycles. The van der Waals surface area contributed by atoms with Gasteiger partial charge in [-0.05, 0) is 41.1 Å². The van der Waals surface area contributed by atoms with Crippen molar-refractivity contribution in [1.82, 2.24) is 5.32 Å². The van der Waals surface area contributed by atoms with E-state index in [0.717, 1.165) is 10.4 Å². The third-order valence-corrected chi connectivity index (χ3v) is 4.69. The topological polar surface area (TPSA) is 62.5 Å². The average molecular weight is 345 g/mol. The summed E-state index contributed by atoms with van der Waals surface area (Å²) in [5.41, 5.74) is 0.983. The number of hydrogen-bond acceptors (Lipinski definition) is 5. The van der Waals surface area contributed by atoms with E-state index in [1.54, 1.807) is 34.8 Å². The molecule has 0 fully saturated rings. The van der Waals surface area contributed by atoms with Crippen LogP contribution in [0.4, 0.5) is 0 Å². The molecule has 118 valence electrons. The first-order chi connectivity index (χ1) is 11.2. The Morgan fingerprint density at radius 1 is 1.30 bits per heavy atom. The van der Waals surface area contributed by atoms with E-state index in [1.165, 1.54) is 6.08 Å². The lowest BCUT2D eigenvalue weighted by Crippen LogP contribution is -2.26. The van der Waals surface area contributed by atoms with Gasteiger partial charge < -0.3 is 14.8 Å². The van der Waals surface area contributed by atoms with E-state index in [-0.39, 0.29) is 12.5 Å². The van der Waals surface area contributed by atoms with Gasteiger partial charge in [0.25, 0.3) is 0 Å². The van der Waals surface area contributed by atoms with Crippen molar-refractivity contribution in [3.63, 3.8) is 0 Å². The van der Waals surface area contributed by atoms with Gasteiger partial charge in [0.2, 0.25) is 5.91 Å². The van der Waals surface area contributed by atoms with Crippen LogP contribution in [0.2, 0.25) is 0 Å². The van der Waals surface area contributed by atoms with Crippen LogP contribution < -0.4 is 5.32 Å². The Bertz CT molecular complexity index is 773. The predicted molar refractivity (Wildman–Crippen MR) is 93.3 cm³/mol. The fourth-order valence-corrected chi connectivity index (χ4v) is 3.26. The average Bonchev–Trinajstić information content (AvgIpc) is 3.31. The molecule has 0 radical (unpaired) electrons. The van der Waals surface area contributed by atoms with Crippen LogP contribution >= 0.6 is 22.7 Å². The molecule has 23 heavy (non-hydrogen) atoms. The Labute approximate surface area is 141 Å². The van der Waals surface area contributed by atoms with Crippen LogP contribution in [-0.4, -0.2) is 17.6 Å². The SMILES string of the molecule is O=C(/C=C/c1cccs1)NCC(O)c1ccc(-c2ccsc2)o1. The molecule has 0 aliphatic carbocycles. The third-order valence-electron chi connectivity index (χ3n) is 3.17. The highest BCUT2D eigenvalue weighted by Gasteiger charge is 2.14. The van der Waals surface area contributed by atoms with Crippen molar-refractivity contribution in [3.8, 4) is 11.3 Å². The summed E-state index contributed by atoms with van der Waals surface area (Å²) in [6.45, 7) is 0.101. The van der Waals surface area contributed by atoms with Crippen LogP contribution in [0, 0.1) is 0 Å². The number of aliphatic hydroxyl groups is 1. The molecule has 0 spiro atoms. The van der Waals surface area contributed by atoms with Crippen LogP contribution in [0.1, 0.15) is 16.7 Å². The molecule has 6 heteroatoms. The number of carbonyl (C=O) groups excluding carboxylic acids is 1. The summed E-state index contributed by atoms with van der Waals surface area (Å²) in [6.07, 6.45) is 2.33. The van der Waals surface area contributed by atoms with Crippen LogP contribution in [0.15, 0.2) is 57.0 Å². The van der Waals surface area contributed by atoms with Crippen molar-refractivity contribution in [3.05, 3.63) is 63.2 Å². The van der Waals surface area contributed by atoms with Gasteiger partial charge in [-0.25, -0.2) is 0 Å². The molecule has 1 amide bonds. The number of aliphatic hydroxyl groups excluding tert-OH is 1. The maximum atomic E-state index is 11.7. The first-order valence-electron chi connectivity index (χ1n) is 7.02. The maximum absolute atomic E-state index is 11.7. The van der Waals surface area contributed by atoms with Crippen molar-refractivity contribution < 1.29 is 14.3 Å². The van der Waals surface area contributed by atoms with Gasteiger partial charge in [0.1, 0.15) is 17.6 Å². The molecule has 3 aromatic rings. The quantitative estimate of drug-likeness (QED) is 0.665. The van der Waals surface area contributed by atoms with Gasteiger partial charge in [-0.2, -0.15) is 11.3 Å². The molecule has 0 saturated heterocycles. The molecule has 1 unspecified atom stereocenters. The van der Waals surface area contributed by atoms with Crippen LogP contribution in [0.5, 0.6) is 0 Å². The van der Waals surface area contributed by atoms with Crippen LogP contribution in [-0.2, 0) is 4.79 Å². The largest absolute Gasteiger partial charge is 0.458 e. The number of hydrogen-bond donors (Lipinski definition) is 2. The summed E-state index contributed by atoms with van der Waals surface area (Å²) in [4.78, 5) is 12.7. The lowest BCUT2D eigenvalue weighted by molar-refractivity contribution is -0.116. The molecule has 3 aromatic heterocycles. The molecular formula is C17H15NO3S2. The molecular weight excluding hydrogens is 330 g/mol. The van der Waals surface area contributed by atoms with Crippen molar-refractivity contribution >= 4 is 34.7 Å². The molecule has 2 N–H and O–H groups in total. The Morgan fingerprint density at radius 3 is 2.96 bits per heavy atom. The first kappa shape index (κ1) is 15.7. The molecule has 3 heterocycles. The van der Waals surface area contributed by atoms with Crippen molar-refractivity contribution in [1.29, 1.82) is 0 Å². The second-order valence-electron chi connectivity index (χ2n) is 4.82.